The minimum absolute atomic E-state index is 0.187. The van der Waals surface area contributed by atoms with Gasteiger partial charge in [-0.1, -0.05) is 5.21 Å². The first-order valence-electron chi connectivity index (χ1n) is 5.14. The molecule has 0 aliphatic carbocycles. The highest BCUT2D eigenvalue weighted by Crippen LogP contribution is 2.18. The molecular weight excluding hydrogens is 236 g/mol. The topological polar surface area (TPSA) is 119 Å². The van der Waals surface area contributed by atoms with Crippen LogP contribution in [0.15, 0.2) is 18.2 Å². The molecule has 0 fully saturated rings. The summed E-state index contributed by atoms with van der Waals surface area (Å²) >= 11 is 0. The highest BCUT2D eigenvalue weighted by Gasteiger charge is 2.09. The molecule has 8 heteroatoms. The first kappa shape index (κ1) is 11.8. The number of anilines is 1. The van der Waals surface area contributed by atoms with Crippen molar-refractivity contribution in [2.24, 2.45) is 0 Å². The summed E-state index contributed by atoms with van der Waals surface area (Å²) in [7, 11) is 1.51. The van der Waals surface area contributed by atoms with Crippen LogP contribution in [-0.2, 0) is 6.54 Å². The van der Waals surface area contributed by atoms with Crippen LogP contribution in [0, 0.1) is 0 Å². The van der Waals surface area contributed by atoms with E-state index in [0.29, 0.717) is 22.8 Å². The van der Waals surface area contributed by atoms with Crippen LogP contribution in [0.4, 0.5) is 5.69 Å². The lowest BCUT2D eigenvalue weighted by Gasteiger charge is -2.06. The molecule has 0 aliphatic heterocycles. The van der Waals surface area contributed by atoms with Crippen molar-refractivity contribution < 1.29 is 9.53 Å². The van der Waals surface area contributed by atoms with Crippen LogP contribution in [0.3, 0.4) is 0 Å². The molecule has 1 aromatic heterocycles. The van der Waals surface area contributed by atoms with Crippen LogP contribution in [-0.4, -0.2) is 33.6 Å². The summed E-state index contributed by atoms with van der Waals surface area (Å²) in [6, 6.07) is 4.80. The van der Waals surface area contributed by atoms with Crippen LogP contribution in [0.1, 0.15) is 16.2 Å². The quantitative estimate of drug-likeness (QED) is 0.640. The number of methoxy groups -OCH3 is 1. The van der Waals surface area contributed by atoms with Crippen molar-refractivity contribution in [3.8, 4) is 5.75 Å². The predicted molar refractivity (Wildman–Crippen MR) is 62.8 cm³/mol. The third-order valence-corrected chi connectivity index (χ3v) is 2.22. The summed E-state index contributed by atoms with van der Waals surface area (Å²) in [5, 5.41) is 15.8. The van der Waals surface area contributed by atoms with E-state index >= 15 is 0 Å². The van der Waals surface area contributed by atoms with Gasteiger partial charge in [-0.2, -0.15) is 5.21 Å². The fourth-order valence-electron chi connectivity index (χ4n) is 1.39. The lowest BCUT2D eigenvalue weighted by molar-refractivity contribution is 0.0949. The van der Waals surface area contributed by atoms with E-state index < -0.39 is 0 Å². The molecule has 18 heavy (non-hydrogen) atoms. The number of rotatable bonds is 4. The van der Waals surface area contributed by atoms with Gasteiger partial charge in [-0.15, -0.1) is 10.2 Å². The molecule has 0 aliphatic rings. The van der Waals surface area contributed by atoms with Crippen LogP contribution in [0.25, 0.3) is 0 Å². The van der Waals surface area contributed by atoms with Gasteiger partial charge in [-0.05, 0) is 12.1 Å². The molecule has 0 spiro atoms. The Morgan fingerprint density at radius 3 is 3.00 bits per heavy atom. The lowest BCUT2D eigenvalue weighted by Crippen LogP contribution is -2.23. The fourth-order valence-corrected chi connectivity index (χ4v) is 1.39. The van der Waals surface area contributed by atoms with Gasteiger partial charge in [0.25, 0.3) is 5.91 Å². The second-order valence-electron chi connectivity index (χ2n) is 3.51. The number of carbonyl (C=O) groups excluding carboxylic acids is 1. The number of amides is 1. The van der Waals surface area contributed by atoms with Crippen molar-refractivity contribution in [3.05, 3.63) is 29.6 Å². The van der Waals surface area contributed by atoms with Crippen LogP contribution in [0.5, 0.6) is 5.75 Å². The van der Waals surface area contributed by atoms with Crippen LogP contribution < -0.4 is 15.8 Å². The summed E-state index contributed by atoms with van der Waals surface area (Å²) in [6.07, 6.45) is 0. The number of benzene rings is 1. The number of hydrogen-bond acceptors (Lipinski definition) is 6. The smallest absolute Gasteiger partial charge is 0.251 e. The van der Waals surface area contributed by atoms with Crippen molar-refractivity contribution in [2.45, 2.75) is 6.54 Å². The maximum atomic E-state index is 11.9. The van der Waals surface area contributed by atoms with Gasteiger partial charge in [0.1, 0.15) is 5.75 Å². The highest BCUT2D eigenvalue weighted by atomic mass is 16.5. The molecule has 0 saturated carbocycles. The number of nitrogen functional groups attached to an aromatic ring is 1. The third-order valence-electron chi connectivity index (χ3n) is 2.22. The zero-order valence-corrected chi connectivity index (χ0v) is 9.67. The summed E-state index contributed by atoms with van der Waals surface area (Å²) in [6.45, 7) is 0.187. The summed E-state index contributed by atoms with van der Waals surface area (Å²) in [5.41, 5.74) is 6.53. The number of tetrazole rings is 1. The van der Waals surface area contributed by atoms with Crippen LogP contribution >= 0.6 is 0 Å². The zero-order valence-electron chi connectivity index (χ0n) is 9.67. The maximum absolute atomic E-state index is 11.9. The van der Waals surface area contributed by atoms with E-state index in [2.05, 4.69) is 25.9 Å². The van der Waals surface area contributed by atoms with Crippen molar-refractivity contribution in [2.75, 3.05) is 12.8 Å². The standard InChI is InChI=1S/C10H12N6O2/c1-18-8-3-6(2-7(11)4-8)10(17)12-5-9-13-15-16-14-9/h2-4H,5,11H2,1H3,(H,12,17)(H,13,14,15,16). The molecule has 1 aromatic carbocycles. The number of carbonyl (C=O) groups is 1. The monoisotopic (exact) mass is 248 g/mol. The van der Waals surface area contributed by atoms with Crippen molar-refractivity contribution in [3.63, 3.8) is 0 Å². The van der Waals surface area contributed by atoms with E-state index in [9.17, 15) is 4.79 Å². The largest absolute Gasteiger partial charge is 0.497 e. The summed E-state index contributed by atoms with van der Waals surface area (Å²) < 4.78 is 5.04. The van der Waals surface area contributed by atoms with Gasteiger partial charge >= 0.3 is 0 Å². The molecule has 8 nitrogen and oxygen atoms in total. The first-order chi connectivity index (χ1) is 8.69. The molecule has 0 bridgehead atoms. The summed E-state index contributed by atoms with van der Waals surface area (Å²) in [5.74, 6) is 0.643. The number of H-pyrrole nitrogens is 1. The average Bonchev–Trinajstić information content (AvgIpc) is 2.88. The maximum Gasteiger partial charge on any atom is 0.251 e. The molecule has 0 atom stereocenters. The molecular formula is C10H12N6O2. The number of nitrogens with zero attached hydrogens (tertiary/aromatic N) is 3. The van der Waals surface area contributed by atoms with E-state index in [1.54, 1.807) is 18.2 Å². The molecule has 0 unspecified atom stereocenters. The Bertz CT molecular complexity index is 539. The summed E-state index contributed by atoms with van der Waals surface area (Å²) in [4.78, 5) is 11.9. The number of aromatic nitrogens is 4. The van der Waals surface area contributed by atoms with E-state index in [4.69, 9.17) is 10.5 Å². The average molecular weight is 248 g/mol. The van der Waals surface area contributed by atoms with E-state index in [1.165, 1.54) is 7.11 Å². The minimum atomic E-state index is -0.287. The number of hydrogen-bond donors (Lipinski definition) is 3. The number of nitrogens with two attached hydrogens (primary N) is 1. The van der Waals surface area contributed by atoms with E-state index in [0.717, 1.165) is 0 Å². The molecule has 0 radical (unpaired) electrons. The van der Waals surface area contributed by atoms with Crippen molar-refractivity contribution in [1.82, 2.24) is 25.9 Å². The SMILES string of the molecule is COc1cc(N)cc(C(=O)NCc2nn[nH]n2)c1. The van der Waals surface area contributed by atoms with Crippen molar-refractivity contribution in [1.29, 1.82) is 0 Å². The Labute approximate surface area is 103 Å². The minimum Gasteiger partial charge on any atom is -0.497 e. The second-order valence-corrected chi connectivity index (χ2v) is 3.51. The Morgan fingerprint density at radius 2 is 2.33 bits per heavy atom. The van der Waals surface area contributed by atoms with Gasteiger partial charge in [-0.3, -0.25) is 4.79 Å². The number of ether oxygens (including phenoxy) is 1. The molecule has 1 heterocycles. The van der Waals surface area contributed by atoms with E-state index in [1.807, 2.05) is 0 Å². The van der Waals surface area contributed by atoms with Crippen LogP contribution in [0.2, 0.25) is 0 Å². The first-order valence-corrected chi connectivity index (χ1v) is 5.14. The number of nitrogens with one attached hydrogen (secondary N) is 2. The van der Waals surface area contributed by atoms with Gasteiger partial charge in [0.2, 0.25) is 0 Å². The predicted octanol–water partition coefficient (Wildman–Crippen LogP) is -0.280. The normalized spacial score (nSPS) is 10.1. The lowest BCUT2D eigenvalue weighted by atomic mass is 10.2. The zero-order chi connectivity index (χ0) is 13.0. The Balaban J connectivity index is 2.06. The van der Waals surface area contributed by atoms with Gasteiger partial charge in [0.05, 0.1) is 13.7 Å². The molecule has 1 amide bonds. The Kier molecular flexibility index (Phi) is 3.37. The molecule has 4 N–H and O–H groups in total. The van der Waals surface area contributed by atoms with Crippen molar-refractivity contribution >= 4 is 11.6 Å². The van der Waals surface area contributed by atoms with E-state index in [-0.39, 0.29) is 12.5 Å². The van der Waals surface area contributed by atoms with Gasteiger partial charge in [-0.25, -0.2) is 0 Å². The van der Waals surface area contributed by atoms with Gasteiger partial charge in [0.15, 0.2) is 5.82 Å². The second kappa shape index (κ2) is 5.13. The van der Waals surface area contributed by atoms with Gasteiger partial charge < -0.3 is 15.8 Å². The highest BCUT2D eigenvalue weighted by molar-refractivity contribution is 5.95. The Morgan fingerprint density at radius 1 is 1.50 bits per heavy atom. The molecule has 2 aromatic rings. The number of aromatic amines is 1. The fraction of sp³-hybridized carbons (Fsp3) is 0.200. The Hall–Kier alpha value is -2.64. The molecule has 2 rings (SSSR count). The molecule has 94 valence electrons. The molecule has 0 saturated heterocycles. The third kappa shape index (κ3) is 2.73. The van der Waals surface area contributed by atoms with Gasteiger partial charge in [0, 0.05) is 17.3 Å².